The molecular formula is C13H18N2O3S. The van der Waals surface area contributed by atoms with Crippen molar-refractivity contribution in [1.82, 2.24) is 9.21 Å². The normalized spacial score (nSPS) is 29.3. The van der Waals surface area contributed by atoms with Crippen molar-refractivity contribution < 1.29 is 13.2 Å². The number of hydrogen-bond acceptors (Lipinski definition) is 4. The summed E-state index contributed by atoms with van der Waals surface area (Å²) in [6.07, 6.45) is -0.0257. The molecule has 0 radical (unpaired) electrons. The Morgan fingerprint density at radius 1 is 1.16 bits per heavy atom. The summed E-state index contributed by atoms with van der Waals surface area (Å²) < 4.78 is 32.5. The molecular weight excluding hydrogens is 264 g/mol. The van der Waals surface area contributed by atoms with Gasteiger partial charge in [-0.2, -0.15) is 4.31 Å². The molecule has 0 aliphatic carbocycles. The summed E-state index contributed by atoms with van der Waals surface area (Å²) in [6, 6.07) is 8.77. The highest BCUT2D eigenvalue weighted by Crippen LogP contribution is 2.23. The lowest BCUT2D eigenvalue weighted by Gasteiger charge is -2.32. The van der Waals surface area contributed by atoms with Crippen molar-refractivity contribution in [3.05, 3.63) is 30.3 Å². The summed E-state index contributed by atoms with van der Waals surface area (Å²) in [5.74, 6) is 0. The smallest absolute Gasteiger partial charge is 0.243 e. The van der Waals surface area contributed by atoms with E-state index < -0.39 is 10.0 Å². The van der Waals surface area contributed by atoms with E-state index in [1.165, 1.54) is 0 Å². The Morgan fingerprint density at radius 2 is 1.89 bits per heavy atom. The van der Waals surface area contributed by atoms with Crippen LogP contribution in [0.4, 0.5) is 0 Å². The summed E-state index contributed by atoms with van der Waals surface area (Å²) in [7, 11) is -1.38. The highest BCUT2D eigenvalue weighted by atomic mass is 32.2. The number of morpholine rings is 1. The quantitative estimate of drug-likeness (QED) is 0.787. The number of nitrogens with zero attached hydrogens (tertiary/aromatic N) is 2. The van der Waals surface area contributed by atoms with Gasteiger partial charge in [0.05, 0.1) is 17.6 Å². The van der Waals surface area contributed by atoms with Gasteiger partial charge in [0.1, 0.15) is 0 Å². The molecule has 19 heavy (non-hydrogen) atoms. The Balaban J connectivity index is 1.90. The van der Waals surface area contributed by atoms with Gasteiger partial charge >= 0.3 is 0 Å². The fraction of sp³-hybridized carbons (Fsp3) is 0.538. The summed E-state index contributed by atoms with van der Waals surface area (Å²) in [5, 5.41) is 0. The van der Waals surface area contributed by atoms with Gasteiger partial charge in [-0.15, -0.1) is 0 Å². The standard InChI is InChI=1S/C13H18N2O3S/c1-14-8-12-9-15(7-11(14)10-18-12)19(16,17)13-5-3-2-4-6-13/h2-6,11-12H,7-10H2,1H3. The minimum atomic E-state index is -3.41. The molecule has 2 bridgehead atoms. The second kappa shape index (κ2) is 4.86. The average molecular weight is 282 g/mol. The Morgan fingerprint density at radius 3 is 2.58 bits per heavy atom. The first-order valence-electron chi connectivity index (χ1n) is 6.44. The van der Waals surface area contributed by atoms with Crippen molar-refractivity contribution in [1.29, 1.82) is 0 Å². The number of likely N-dealkylation sites (N-methyl/N-ethyl adjacent to an activating group) is 1. The second-order valence-electron chi connectivity index (χ2n) is 5.18. The highest BCUT2D eigenvalue weighted by molar-refractivity contribution is 7.89. The molecule has 0 spiro atoms. The van der Waals surface area contributed by atoms with Gasteiger partial charge in [0, 0.05) is 25.7 Å². The zero-order chi connectivity index (χ0) is 13.5. The van der Waals surface area contributed by atoms with Gasteiger partial charge < -0.3 is 4.74 Å². The van der Waals surface area contributed by atoms with Crippen LogP contribution in [-0.2, 0) is 14.8 Å². The largest absolute Gasteiger partial charge is 0.374 e. The van der Waals surface area contributed by atoms with Crippen LogP contribution in [-0.4, -0.2) is 63.1 Å². The zero-order valence-corrected chi connectivity index (χ0v) is 11.7. The third-order valence-electron chi connectivity index (χ3n) is 3.84. The molecule has 0 aromatic heterocycles. The van der Waals surface area contributed by atoms with E-state index in [0.29, 0.717) is 24.6 Å². The molecule has 6 heteroatoms. The summed E-state index contributed by atoms with van der Waals surface area (Å²) in [4.78, 5) is 2.55. The topological polar surface area (TPSA) is 49.9 Å². The molecule has 1 aromatic rings. The Labute approximate surface area is 113 Å². The van der Waals surface area contributed by atoms with Gasteiger partial charge in [-0.1, -0.05) is 18.2 Å². The molecule has 2 unspecified atom stereocenters. The average Bonchev–Trinajstić information content (AvgIpc) is 2.71. The maximum Gasteiger partial charge on any atom is 0.243 e. The van der Waals surface area contributed by atoms with Crippen molar-refractivity contribution in [3.8, 4) is 0 Å². The van der Waals surface area contributed by atoms with Crippen LogP contribution in [0.2, 0.25) is 0 Å². The van der Waals surface area contributed by atoms with E-state index in [2.05, 4.69) is 4.90 Å². The van der Waals surface area contributed by atoms with Crippen LogP contribution in [0, 0.1) is 0 Å². The van der Waals surface area contributed by atoms with Gasteiger partial charge in [-0.3, -0.25) is 4.90 Å². The summed E-state index contributed by atoms with van der Waals surface area (Å²) in [5.41, 5.74) is 0. The van der Waals surface area contributed by atoms with Crippen LogP contribution in [0.1, 0.15) is 0 Å². The SMILES string of the molecule is CN1CC2CN(S(=O)(=O)c3ccccc3)CC1CO2. The molecule has 3 aliphatic heterocycles. The Hall–Kier alpha value is -0.950. The molecule has 3 aliphatic rings. The zero-order valence-electron chi connectivity index (χ0n) is 10.9. The first-order valence-corrected chi connectivity index (χ1v) is 7.88. The molecule has 0 N–H and O–H groups in total. The molecule has 2 atom stereocenters. The second-order valence-corrected chi connectivity index (χ2v) is 7.12. The van der Waals surface area contributed by atoms with E-state index in [9.17, 15) is 8.42 Å². The first kappa shape index (κ1) is 13.1. The Kier molecular flexibility index (Phi) is 3.34. The molecule has 3 saturated heterocycles. The molecule has 1 aromatic carbocycles. The van der Waals surface area contributed by atoms with Crippen LogP contribution in [0.15, 0.2) is 35.2 Å². The molecule has 104 valence electrons. The van der Waals surface area contributed by atoms with Crippen molar-refractivity contribution in [3.63, 3.8) is 0 Å². The maximum absolute atomic E-state index is 12.6. The third kappa shape index (κ3) is 2.41. The number of hydrogen-bond donors (Lipinski definition) is 0. The minimum absolute atomic E-state index is 0.0257. The fourth-order valence-corrected chi connectivity index (χ4v) is 4.20. The van der Waals surface area contributed by atoms with Crippen LogP contribution in [0.3, 0.4) is 0 Å². The van der Waals surface area contributed by atoms with Crippen molar-refractivity contribution in [2.45, 2.75) is 17.0 Å². The maximum atomic E-state index is 12.6. The van der Waals surface area contributed by atoms with E-state index in [0.717, 1.165) is 6.54 Å². The highest BCUT2D eigenvalue weighted by Gasteiger charge is 2.38. The van der Waals surface area contributed by atoms with Gasteiger partial charge in [-0.25, -0.2) is 8.42 Å². The van der Waals surface area contributed by atoms with E-state index in [-0.39, 0.29) is 12.1 Å². The van der Waals surface area contributed by atoms with Crippen molar-refractivity contribution in [2.75, 3.05) is 33.3 Å². The van der Waals surface area contributed by atoms with Crippen LogP contribution in [0.25, 0.3) is 0 Å². The number of rotatable bonds is 2. The lowest BCUT2D eigenvalue weighted by Crippen LogP contribution is -2.47. The fourth-order valence-electron chi connectivity index (χ4n) is 2.67. The van der Waals surface area contributed by atoms with Gasteiger partial charge in [0.15, 0.2) is 0 Å². The molecule has 0 amide bonds. The monoisotopic (exact) mass is 282 g/mol. The molecule has 3 fully saturated rings. The lowest BCUT2D eigenvalue weighted by atomic mass is 10.2. The third-order valence-corrected chi connectivity index (χ3v) is 5.69. The van der Waals surface area contributed by atoms with Crippen LogP contribution < -0.4 is 0 Å². The van der Waals surface area contributed by atoms with Gasteiger partial charge in [-0.05, 0) is 19.2 Å². The van der Waals surface area contributed by atoms with E-state index in [4.69, 9.17) is 4.74 Å². The first-order chi connectivity index (χ1) is 9.07. The van der Waals surface area contributed by atoms with Crippen LogP contribution in [0.5, 0.6) is 0 Å². The minimum Gasteiger partial charge on any atom is -0.374 e. The van der Waals surface area contributed by atoms with E-state index in [1.807, 2.05) is 13.1 Å². The molecule has 0 saturated carbocycles. The molecule has 5 nitrogen and oxygen atoms in total. The summed E-state index contributed by atoms with van der Waals surface area (Å²) >= 11 is 0. The van der Waals surface area contributed by atoms with Crippen molar-refractivity contribution in [2.24, 2.45) is 0 Å². The molecule has 4 rings (SSSR count). The lowest BCUT2D eigenvalue weighted by molar-refractivity contribution is -0.0318. The van der Waals surface area contributed by atoms with E-state index in [1.54, 1.807) is 28.6 Å². The Bertz CT molecular complexity index is 546. The number of benzene rings is 1. The number of fused-ring (bicyclic) bond motifs is 4. The van der Waals surface area contributed by atoms with Crippen molar-refractivity contribution >= 4 is 10.0 Å². The predicted octanol–water partition coefficient (Wildman–Crippen LogP) is 0.390. The summed E-state index contributed by atoms with van der Waals surface area (Å²) in [6.45, 7) is 2.36. The number of sulfonamides is 1. The van der Waals surface area contributed by atoms with Gasteiger partial charge in [0.2, 0.25) is 10.0 Å². The number of ether oxygens (including phenoxy) is 1. The van der Waals surface area contributed by atoms with E-state index >= 15 is 0 Å². The predicted molar refractivity (Wildman–Crippen MR) is 71.4 cm³/mol. The van der Waals surface area contributed by atoms with Crippen LogP contribution >= 0.6 is 0 Å². The van der Waals surface area contributed by atoms with Gasteiger partial charge in [0.25, 0.3) is 0 Å². The molecule has 3 heterocycles.